The Morgan fingerprint density at radius 1 is 1.15 bits per heavy atom. The number of ether oxygens (including phenoxy) is 2. The Labute approximate surface area is 196 Å². The van der Waals surface area contributed by atoms with Crippen LogP contribution in [0.1, 0.15) is 25.2 Å². The van der Waals surface area contributed by atoms with Gasteiger partial charge in [0.25, 0.3) is 5.56 Å². The molecule has 2 aromatic carbocycles. The van der Waals surface area contributed by atoms with Gasteiger partial charge in [-0.25, -0.2) is 14.4 Å². The van der Waals surface area contributed by atoms with E-state index in [1.165, 1.54) is 6.92 Å². The first kappa shape index (κ1) is 22.3. The molecule has 0 N–H and O–H groups in total. The Kier molecular flexibility index (Phi) is 5.69. The lowest BCUT2D eigenvalue weighted by molar-refractivity contribution is -0.101. The van der Waals surface area contributed by atoms with Crippen LogP contribution in [0.2, 0.25) is 0 Å². The highest BCUT2D eigenvalue weighted by molar-refractivity contribution is 5.84. The number of nitrogens with zero attached hydrogens (tertiary/aromatic N) is 4. The number of rotatable bonds is 7. The van der Waals surface area contributed by atoms with E-state index in [-0.39, 0.29) is 11.0 Å². The van der Waals surface area contributed by atoms with E-state index in [2.05, 4.69) is 16.9 Å². The maximum atomic E-state index is 13.5. The molecule has 1 aliphatic rings. The van der Waals surface area contributed by atoms with Gasteiger partial charge in [0, 0.05) is 49.3 Å². The fourth-order valence-electron chi connectivity index (χ4n) is 4.36. The molecule has 1 fully saturated rings. The maximum absolute atomic E-state index is 13.5. The topological polar surface area (TPSA) is 71.2 Å². The number of hydrogen-bond acceptors (Lipinski definition) is 5. The van der Waals surface area contributed by atoms with Crippen LogP contribution < -0.4 is 10.3 Å². The summed E-state index contributed by atoms with van der Waals surface area (Å²) >= 11 is 0. The van der Waals surface area contributed by atoms with E-state index in [4.69, 9.17) is 9.47 Å². The van der Waals surface area contributed by atoms with E-state index in [1.54, 1.807) is 23.9 Å². The van der Waals surface area contributed by atoms with Gasteiger partial charge >= 0.3 is 0 Å². The minimum atomic E-state index is -1.43. The Balaban J connectivity index is 1.49. The number of fused-ring (bicyclic) bond motifs is 1. The van der Waals surface area contributed by atoms with Crippen LogP contribution in [0.25, 0.3) is 22.0 Å². The molecule has 8 heteroatoms. The molecule has 4 aromatic rings. The molecule has 3 heterocycles. The zero-order valence-corrected chi connectivity index (χ0v) is 19.5. The second-order valence-corrected chi connectivity index (χ2v) is 9.26. The lowest BCUT2D eigenvalue weighted by Gasteiger charge is -2.37. The van der Waals surface area contributed by atoms with Gasteiger partial charge in [-0.05, 0) is 23.8 Å². The van der Waals surface area contributed by atoms with Crippen LogP contribution in [0.4, 0.5) is 4.39 Å². The number of halogens is 1. The van der Waals surface area contributed by atoms with Crippen LogP contribution in [0.5, 0.6) is 5.75 Å². The van der Waals surface area contributed by atoms with Crippen LogP contribution in [0.3, 0.4) is 0 Å². The standard InChI is InChI=1S/C26H27FN4O3/c1-17(27)34-23-7-5-4-6-19(23)14-31-22-10-18(8-9-21(22)25(32)30(31)3)20-12-28-24(29-13-20)11-26(2)15-33-16-26/h4-10,12-13,17H,11,14-16H2,1-3H3. The molecule has 5 rings (SSSR count). The molecule has 1 unspecified atom stereocenters. The molecule has 0 aliphatic carbocycles. The zero-order valence-electron chi connectivity index (χ0n) is 19.5. The molecule has 0 saturated carbocycles. The van der Waals surface area contributed by atoms with Gasteiger partial charge in [0.15, 0.2) is 0 Å². The smallest absolute Gasteiger partial charge is 0.274 e. The number of alkyl halides is 1. The van der Waals surface area contributed by atoms with Crippen LogP contribution >= 0.6 is 0 Å². The minimum absolute atomic E-state index is 0.0960. The van der Waals surface area contributed by atoms with E-state index in [0.29, 0.717) is 17.7 Å². The van der Waals surface area contributed by atoms with Gasteiger partial charge in [-0.1, -0.05) is 31.2 Å². The predicted octanol–water partition coefficient (Wildman–Crippen LogP) is 4.12. The lowest BCUT2D eigenvalue weighted by atomic mass is 9.85. The summed E-state index contributed by atoms with van der Waals surface area (Å²) in [6, 6.07) is 13.0. The fourth-order valence-corrected chi connectivity index (χ4v) is 4.36. The van der Waals surface area contributed by atoms with E-state index < -0.39 is 6.36 Å². The van der Waals surface area contributed by atoms with Crippen molar-refractivity contribution < 1.29 is 13.9 Å². The van der Waals surface area contributed by atoms with Crippen molar-refractivity contribution in [2.75, 3.05) is 13.2 Å². The molecule has 1 atom stereocenters. The molecular weight excluding hydrogens is 435 g/mol. The van der Waals surface area contributed by atoms with Gasteiger partial charge in [0.1, 0.15) is 11.6 Å². The van der Waals surface area contributed by atoms with E-state index in [1.807, 2.05) is 47.4 Å². The quantitative estimate of drug-likeness (QED) is 0.413. The van der Waals surface area contributed by atoms with Crippen LogP contribution in [-0.4, -0.2) is 38.9 Å². The summed E-state index contributed by atoms with van der Waals surface area (Å²) in [6.07, 6.45) is 3.00. The van der Waals surface area contributed by atoms with Crippen molar-refractivity contribution >= 4 is 10.9 Å². The third-order valence-corrected chi connectivity index (χ3v) is 6.27. The van der Waals surface area contributed by atoms with Crippen LogP contribution in [0, 0.1) is 5.41 Å². The lowest BCUT2D eigenvalue weighted by Crippen LogP contribution is -2.41. The average Bonchev–Trinajstić information content (AvgIpc) is 3.04. The molecule has 1 saturated heterocycles. The monoisotopic (exact) mass is 462 g/mol. The minimum Gasteiger partial charge on any atom is -0.460 e. The second kappa shape index (κ2) is 8.68. The largest absolute Gasteiger partial charge is 0.460 e. The van der Waals surface area contributed by atoms with Crippen LogP contribution in [0.15, 0.2) is 59.7 Å². The van der Waals surface area contributed by atoms with Gasteiger partial charge in [-0.3, -0.25) is 14.2 Å². The summed E-state index contributed by atoms with van der Waals surface area (Å²) < 4.78 is 27.6. The highest BCUT2D eigenvalue weighted by Crippen LogP contribution is 2.30. The normalized spacial score (nSPS) is 15.8. The molecule has 2 aromatic heterocycles. The van der Waals surface area contributed by atoms with Crippen molar-refractivity contribution in [3.05, 3.63) is 76.6 Å². The van der Waals surface area contributed by atoms with Crippen molar-refractivity contribution in [2.24, 2.45) is 12.5 Å². The van der Waals surface area contributed by atoms with Crippen molar-refractivity contribution in [1.82, 2.24) is 19.3 Å². The van der Waals surface area contributed by atoms with Gasteiger partial charge in [-0.15, -0.1) is 0 Å². The second-order valence-electron chi connectivity index (χ2n) is 9.26. The van der Waals surface area contributed by atoms with Gasteiger partial charge < -0.3 is 9.47 Å². The Hall–Kier alpha value is -3.52. The summed E-state index contributed by atoms with van der Waals surface area (Å²) in [4.78, 5) is 22.0. The van der Waals surface area contributed by atoms with Crippen molar-refractivity contribution in [2.45, 2.75) is 33.2 Å². The zero-order chi connectivity index (χ0) is 23.9. The van der Waals surface area contributed by atoms with E-state index in [9.17, 15) is 9.18 Å². The van der Waals surface area contributed by atoms with E-state index >= 15 is 0 Å². The molecule has 34 heavy (non-hydrogen) atoms. The summed E-state index contributed by atoms with van der Waals surface area (Å²) in [5.74, 6) is 1.25. The molecule has 0 spiro atoms. The van der Waals surface area contributed by atoms with E-state index in [0.717, 1.165) is 47.7 Å². The van der Waals surface area contributed by atoms with Crippen LogP contribution in [-0.2, 0) is 24.8 Å². The average molecular weight is 463 g/mol. The molecule has 7 nitrogen and oxygen atoms in total. The first-order chi connectivity index (χ1) is 16.3. The number of aromatic nitrogens is 4. The molecule has 176 valence electrons. The molecule has 0 amide bonds. The SMILES string of the molecule is CC(F)Oc1ccccc1Cn1c2cc(-c3cnc(CC4(C)COC4)nc3)ccc2c(=O)n1C. The van der Waals surface area contributed by atoms with Gasteiger partial charge in [0.05, 0.1) is 30.7 Å². The number of para-hydroxylation sites is 1. The number of benzene rings is 2. The Morgan fingerprint density at radius 2 is 1.88 bits per heavy atom. The first-order valence-electron chi connectivity index (χ1n) is 11.3. The third kappa shape index (κ3) is 4.21. The molecule has 1 aliphatic heterocycles. The van der Waals surface area contributed by atoms with Crippen molar-refractivity contribution in [3.63, 3.8) is 0 Å². The highest BCUT2D eigenvalue weighted by Gasteiger charge is 2.34. The summed E-state index contributed by atoms with van der Waals surface area (Å²) in [5.41, 5.74) is 3.36. The summed E-state index contributed by atoms with van der Waals surface area (Å²) in [6.45, 7) is 5.35. The third-order valence-electron chi connectivity index (χ3n) is 6.27. The molecule has 0 bridgehead atoms. The van der Waals surface area contributed by atoms with Crippen molar-refractivity contribution in [1.29, 1.82) is 0 Å². The summed E-state index contributed by atoms with van der Waals surface area (Å²) in [7, 11) is 1.73. The fraction of sp³-hybridized carbons (Fsp3) is 0.346. The van der Waals surface area contributed by atoms with Crippen molar-refractivity contribution in [3.8, 4) is 16.9 Å². The first-order valence-corrected chi connectivity index (χ1v) is 11.3. The Morgan fingerprint density at radius 3 is 2.56 bits per heavy atom. The number of hydrogen-bond donors (Lipinski definition) is 0. The summed E-state index contributed by atoms with van der Waals surface area (Å²) in [5, 5.41) is 0.610. The molecular formula is C26H27FN4O3. The molecule has 0 radical (unpaired) electrons. The Bertz CT molecular complexity index is 1390. The van der Waals surface area contributed by atoms with Gasteiger partial charge in [0.2, 0.25) is 6.36 Å². The highest BCUT2D eigenvalue weighted by atomic mass is 19.1. The van der Waals surface area contributed by atoms with Gasteiger partial charge in [-0.2, -0.15) is 0 Å². The predicted molar refractivity (Wildman–Crippen MR) is 128 cm³/mol. The maximum Gasteiger partial charge on any atom is 0.274 e.